The Morgan fingerprint density at radius 2 is 2.18 bits per heavy atom. The van der Waals surface area contributed by atoms with Gasteiger partial charge in [0.1, 0.15) is 11.9 Å². The number of rotatable bonds is 1. The molecule has 2 heterocycles. The van der Waals surface area contributed by atoms with Crippen molar-refractivity contribution >= 4 is 0 Å². The molecule has 3 atom stereocenters. The predicted molar refractivity (Wildman–Crippen MR) is 64.1 cm³/mol. The van der Waals surface area contributed by atoms with Gasteiger partial charge in [-0.25, -0.2) is 0 Å². The van der Waals surface area contributed by atoms with Crippen LogP contribution in [0.5, 0.6) is 5.75 Å². The normalized spacial score (nSPS) is 32.0. The zero-order chi connectivity index (χ0) is 11.8. The lowest BCUT2D eigenvalue weighted by Gasteiger charge is -2.32. The summed E-state index contributed by atoms with van der Waals surface area (Å²) >= 11 is 0. The zero-order valence-electron chi connectivity index (χ0n) is 10.1. The molecular formula is C14H18O3. The van der Waals surface area contributed by atoms with Gasteiger partial charge in [0.2, 0.25) is 0 Å². The lowest BCUT2D eigenvalue weighted by Crippen LogP contribution is -2.36. The molecule has 1 aromatic carbocycles. The van der Waals surface area contributed by atoms with Crippen LogP contribution in [0.25, 0.3) is 0 Å². The van der Waals surface area contributed by atoms with Crippen LogP contribution in [0.15, 0.2) is 18.2 Å². The van der Waals surface area contributed by atoms with Crippen LogP contribution in [0, 0.1) is 6.92 Å². The molecule has 0 aromatic heterocycles. The lowest BCUT2D eigenvalue weighted by molar-refractivity contribution is -0.0271. The highest BCUT2D eigenvalue weighted by atomic mass is 16.5. The van der Waals surface area contributed by atoms with E-state index in [2.05, 4.69) is 0 Å². The smallest absolute Gasteiger partial charge is 0.128 e. The van der Waals surface area contributed by atoms with Crippen LogP contribution in [-0.4, -0.2) is 23.9 Å². The standard InChI is InChI=1S/C14H18O3/c1-9-4-5-12-10(7-9)11(15)8-14(17-12)13-3-2-6-16-13/h4-5,7,11,13-15H,2-3,6,8H2,1H3/t11-,13?,14?/m0/s1. The summed E-state index contributed by atoms with van der Waals surface area (Å²) in [6.45, 7) is 2.85. The SMILES string of the molecule is Cc1ccc2c(c1)[C@@H](O)CC(C1CCCO1)O2. The van der Waals surface area contributed by atoms with Crippen molar-refractivity contribution in [1.82, 2.24) is 0 Å². The lowest BCUT2D eigenvalue weighted by atomic mass is 9.94. The summed E-state index contributed by atoms with van der Waals surface area (Å²) in [5.41, 5.74) is 2.07. The van der Waals surface area contributed by atoms with E-state index in [0.29, 0.717) is 6.42 Å². The molecule has 0 radical (unpaired) electrons. The molecule has 2 aliphatic heterocycles. The fraction of sp³-hybridized carbons (Fsp3) is 0.571. The molecule has 0 saturated carbocycles. The Morgan fingerprint density at radius 1 is 1.29 bits per heavy atom. The first-order valence-electron chi connectivity index (χ1n) is 6.31. The molecule has 3 nitrogen and oxygen atoms in total. The minimum absolute atomic E-state index is 0.00251. The van der Waals surface area contributed by atoms with E-state index in [1.54, 1.807) is 0 Å². The van der Waals surface area contributed by atoms with Gasteiger partial charge < -0.3 is 14.6 Å². The van der Waals surface area contributed by atoms with Crippen molar-refractivity contribution in [1.29, 1.82) is 0 Å². The number of aliphatic hydroxyl groups excluding tert-OH is 1. The third kappa shape index (κ3) is 2.05. The topological polar surface area (TPSA) is 38.7 Å². The number of hydrogen-bond donors (Lipinski definition) is 1. The maximum Gasteiger partial charge on any atom is 0.128 e. The third-order valence-corrected chi connectivity index (χ3v) is 3.64. The highest BCUT2D eigenvalue weighted by Gasteiger charge is 2.34. The molecule has 1 saturated heterocycles. The summed E-state index contributed by atoms with van der Waals surface area (Å²) < 4.78 is 11.6. The molecule has 0 spiro atoms. The monoisotopic (exact) mass is 234 g/mol. The predicted octanol–water partition coefficient (Wildman–Crippen LogP) is 2.36. The second-order valence-electron chi connectivity index (χ2n) is 5.00. The second-order valence-corrected chi connectivity index (χ2v) is 5.00. The van der Waals surface area contributed by atoms with Crippen LogP contribution in [0.4, 0.5) is 0 Å². The molecule has 1 N–H and O–H groups in total. The van der Waals surface area contributed by atoms with Crippen molar-refractivity contribution in [2.75, 3.05) is 6.61 Å². The van der Waals surface area contributed by atoms with Gasteiger partial charge in [0.15, 0.2) is 0 Å². The summed E-state index contributed by atoms with van der Waals surface area (Å²) in [5.74, 6) is 0.815. The van der Waals surface area contributed by atoms with E-state index in [9.17, 15) is 5.11 Å². The first-order chi connectivity index (χ1) is 8.24. The molecule has 3 heteroatoms. The molecule has 1 fully saturated rings. The minimum atomic E-state index is -0.423. The summed E-state index contributed by atoms with van der Waals surface area (Å²) in [7, 11) is 0. The van der Waals surface area contributed by atoms with E-state index in [4.69, 9.17) is 9.47 Å². The van der Waals surface area contributed by atoms with Gasteiger partial charge in [-0.15, -0.1) is 0 Å². The Labute approximate surface area is 101 Å². The number of aryl methyl sites for hydroxylation is 1. The van der Waals surface area contributed by atoms with Crippen molar-refractivity contribution in [3.8, 4) is 5.75 Å². The number of benzene rings is 1. The van der Waals surface area contributed by atoms with Crippen LogP contribution in [-0.2, 0) is 4.74 Å². The number of fused-ring (bicyclic) bond motifs is 1. The highest BCUT2D eigenvalue weighted by Crippen LogP contribution is 2.38. The maximum absolute atomic E-state index is 10.2. The molecule has 92 valence electrons. The van der Waals surface area contributed by atoms with Gasteiger partial charge in [-0.2, -0.15) is 0 Å². The van der Waals surface area contributed by atoms with E-state index in [-0.39, 0.29) is 12.2 Å². The summed E-state index contributed by atoms with van der Waals surface area (Å²) in [6, 6.07) is 5.98. The van der Waals surface area contributed by atoms with Crippen molar-refractivity contribution < 1.29 is 14.6 Å². The quantitative estimate of drug-likeness (QED) is 0.810. The number of aliphatic hydroxyl groups is 1. The van der Waals surface area contributed by atoms with E-state index in [1.165, 1.54) is 0 Å². The molecule has 0 bridgehead atoms. The molecule has 17 heavy (non-hydrogen) atoms. The van der Waals surface area contributed by atoms with Crippen LogP contribution in [0.2, 0.25) is 0 Å². The van der Waals surface area contributed by atoms with Crippen molar-refractivity contribution in [2.24, 2.45) is 0 Å². The van der Waals surface area contributed by atoms with Gasteiger partial charge in [0, 0.05) is 18.6 Å². The molecule has 0 aliphatic carbocycles. The van der Waals surface area contributed by atoms with Crippen LogP contribution in [0.3, 0.4) is 0 Å². The fourth-order valence-electron chi connectivity index (χ4n) is 2.72. The summed E-state index contributed by atoms with van der Waals surface area (Å²) in [4.78, 5) is 0. The van der Waals surface area contributed by atoms with Crippen molar-refractivity contribution in [3.63, 3.8) is 0 Å². The van der Waals surface area contributed by atoms with Gasteiger partial charge in [-0.05, 0) is 31.9 Å². The Morgan fingerprint density at radius 3 is 2.94 bits per heavy atom. The maximum atomic E-state index is 10.2. The Balaban J connectivity index is 1.84. The minimum Gasteiger partial charge on any atom is -0.487 e. The molecule has 2 aliphatic rings. The first-order valence-corrected chi connectivity index (χ1v) is 6.31. The third-order valence-electron chi connectivity index (χ3n) is 3.64. The molecule has 1 aromatic rings. The van der Waals surface area contributed by atoms with Crippen molar-refractivity contribution in [2.45, 2.75) is 44.5 Å². The number of ether oxygens (including phenoxy) is 2. The Bertz CT molecular complexity index is 410. The number of hydrogen-bond acceptors (Lipinski definition) is 3. The van der Waals surface area contributed by atoms with Gasteiger partial charge >= 0.3 is 0 Å². The van der Waals surface area contributed by atoms with E-state index < -0.39 is 6.10 Å². The average molecular weight is 234 g/mol. The Kier molecular flexibility index (Phi) is 2.81. The van der Waals surface area contributed by atoms with Crippen LogP contribution >= 0.6 is 0 Å². The largest absolute Gasteiger partial charge is 0.487 e. The van der Waals surface area contributed by atoms with Crippen molar-refractivity contribution in [3.05, 3.63) is 29.3 Å². The summed E-state index contributed by atoms with van der Waals surface area (Å²) in [6.07, 6.45) is 2.51. The second kappa shape index (κ2) is 4.31. The van der Waals surface area contributed by atoms with E-state index >= 15 is 0 Å². The molecule has 0 amide bonds. The molecule has 2 unspecified atom stereocenters. The van der Waals surface area contributed by atoms with Gasteiger partial charge in [-0.3, -0.25) is 0 Å². The Hall–Kier alpha value is -1.06. The summed E-state index contributed by atoms with van der Waals surface area (Å²) in [5, 5.41) is 10.2. The van der Waals surface area contributed by atoms with E-state index in [1.807, 2.05) is 25.1 Å². The highest BCUT2D eigenvalue weighted by molar-refractivity contribution is 5.40. The van der Waals surface area contributed by atoms with Gasteiger partial charge in [0.25, 0.3) is 0 Å². The van der Waals surface area contributed by atoms with E-state index in [0.717, 1.165) is 36.3 Å². The average Bonchev–Trinajstić information content (AvgIpc) is 2.83. The fourth-order valence-corrected chi connectivity index (χ4v) is 2.72. The van der Waals surface area contributed by atoms with Crippen LogP contribution in [0.1, 0.15) is 36.5 Å². The molecular weight excluding hydrogens is 216 g/mol. The zero-order valence-corrected chi connectivity index (χ0v) is 10.1. The van der Waals surface area contributed by atoms with Crippen LogP contribution < -0.4 is 4.74 Å². The first kappa shape index (κ1) is 11.1. The van der Waals surface area contributed by atoms with Gasteiger partial charge in [-0.1, -0.05) is 11.6 Å². The molecule has 3 rings (SSSR count). The van der Waals surface area contributed by atoms with Gasteiger partial charge in [0.05, 0.1) is 12.2 Å².